The van der Waals surface area contributed by atoms with Gasteiger partial charge in [-0.3, -0.25) is 0 Å². The third-order valence-electron chi connectivity index (χ3n) is 4.43. The number of carbonyl (C=O) groups excluding carboxylic acids is 2. The molecule has 0 aliphatic heterocycles. The topological polar surface area (TPSA) is 59.1 Å². The van der Waals surface area contributed by atoms with Crippen LogP contribution in [0.3, 0.4) is 0 Å². The summed E-state index contributed by atoms with van der Waals surface area (Å²) in [5.41, 5.74) is 0.869. The zero-order valence-electron chi connectivity index (χ0n) is 16.5. The van der Waals surface area contributed by atoms with Gasteiger partial charge in [-0.2, -0.15) is 0 Å². The van der Waals surface area contributed by atoms with Gasteiger partial charge in [-0.1, -0.05) is 27.7 Å². The number of hydrogen-bond acceptors (Lipinski definition) is 6. The molecule has 0 atom stereocenters. The molecule has 0 bridgehead atoms. The van der Waals surface area contributed by atoms with E-state index in [1.165, 1.54) is 0 Å². The van der Waals surface area contributed by atoms with Gasteiger partial charge in [-0.05, 0) is 50.4 Å². The zero-order chi connectivity index (χ0) is 19.4. The minimum atomic E-state index is -0.376. The van der Waals surface area contributed by atoms with E-state index in [2.05, 4.69) is 37.5 Å². The van der Waals surface area contributed by atoms with Crippen molar-refractivity contribution in [3.05, 3.63) is 35.4 Å². The molecule has 6 nitrogen and oxygen atoms in total. The standard InChI is InChI=1S/C20H32N2O4/c1-5-21(6-2)13-15-25-19(23)17-9-11-18(12-10-17)20(24)26-16-14-22(7-3)8-4/h9-12H,5-8,13-16H2,1-4H3. The summed E-state index contributed by atoms with van der Waals surface area (Å²) in [4.78, 5) is 28.4. The van der Waals surface area contributed by atoms with Crippen LogP contribution in [0.5, 0.6) is 0 Å². The van der Waals surface area contributed by atoms with E-state index >= 15 is 0 Å². The van der Waals surface area contributed by atoms with Crippen LogP contribution >= 0.6 is 0 Å². The van der Waals surface area contributed by atoms with Gasteiger partial charge in [0, 0.05) is 13.1 Å². The molecule has 0 unspecified atom stereocenters. The highest BCUT2D eigenvalue weighted by Gasteiger charge is 2.12. The number of esters is 2. The lowest BCUT2D eigenvalue weighted by Gasteiger charge is -2.17. The summed E-state index contributed by atoms with van der Waals surface area (Å²) in [7, 11) is 0. The first-order valence-electron chi connectivity index (χ1n) is 9.44. The van der Waals surface area contributed by atoms with Crippen LogP contribution in [0.1, 0.15) is 48.4 Å². The van der Waals surface area contributed by atoms with Crippen molar-refractivity contribution in [2.45, 2.75) is 27.7 Å². The van der Waals surface area contributed by atoms with Gasteiger partial charge in [0.2, 0.25) is 0 Å². The van der Waals surface area contributed by atoms with E-state index in [9.17, 15) is 9.59 Å². The molecule has 0 aliphatic carbocycles. The second-order valence-corrected chi connectivity index (χ2v) is 5.90. The maximum absolute atomic E-state index is 12.0. The highest BCUT2D eigenvalue weighted by atomic mass is 16.5. The smallest absolute Gasteiger partial charge is 0.338 e. The summed E-state index contributed by atoms with van der Waals surface area (Å²) in [6.07, 6.45) is 0. The van der Waals surface area contributed by atoms with Gasteiger partial charge in [0.1, 0.15) is 13.2 Å². The average molecular weight is 364 g/mol. The highest BCUT2D eigenvalue weighted by Crippen LogP contribution is 2.08. The van der Waals surface area contributed by atoms with Crippen LogP contribution in [0.25, 0.3) is 0 Å². The first kappa shape index (κ1) is 22.1. The summed E-state index contributed by atoms with van der Waals surface area (Å²) >= 11 is 0. The van der Waals surface area contributed by atoms with Gasteiger partial charge in [-0.25, -0.2) is 9.59 Å². The quantitative estimate of drug-likeness (QED) is 0.532. The second-order valence-electron chi connectivity index (χ2n) is 5.90. The molecule has 0 fully saturated rings. The van der Waals surface area contributed by atoms with Crippen molar-refractivity contribution in [1.29, 1.82) is 0 Å². The summed E-state index contributed by atoms with van der Waals surface area (Å²) < 4.78 is 10.6. The van der Waals surface area contributed by atoms with E-state index < -0.39 is 0 Å². The fraction of sp³-hybridized carbons (Fsp3) is 0.600. The molecular weight excluding hydrogens is 332 g/mol. The van der Waals surface area contributed by atoms with Crippen LogP contribution in [0.4, 0.5) is 0 Å². The Labute approximate surface area is 157 Å². The van der Waals surface area contributed by atoms with Gasteiger partial charge < -0.3 is 19.3 Å². The van der Waals surface area contributed by atoms with Crippen LogP contribution in [-0.4, -0.2) is 74.2 Å². The SMILES string of the molecule is CCN(CC)CCOC(=O)c1ccc(C(=O)OCCN(CC)CC)cc1. The fourth-order valence-corrected chi connectivity index (χ4v) is 2.52. The summed E-state index contributed by atoms with van der Waals surface area (Å²) in [6, 6.07) is 6.39. The lowest BCUT2D eigenvalue weighted by Crippen LogP contribution is -2.28. The average Bonchev–Trinajstić information content (AvgIpc) is 2.68. The number of hydrogen-bond donors (Lipinski definition) is 0. The molecule has 0 amide bonds. The second kappa shape index (κ2) is 12.4. The molecule has 0 aromatic heterocycles. The third-order valence-corrected chi connectivity index (χ3v) is 4.43. The Morgan fingerprint density at radius 1 is 0.692 bits per heavy atom. The lowest BCUT2D eigenvalue weighted by molar-refractivity contribution is 0.0452. The minimum absolute atomic E-state index is 0.357. The number of nitrogens with zero attached hydrogens (tertiary/aromatic N) is 2. The first-order valence-corrected chi connectivity index (χ1v) is 9.44. The van der Waals surface area contributed by atoms with Gasteiger partial charge in [0.15, 0.2) is 0 Å². The molecule has 1 aromatic rings. The largest absolute Gasteiger partial charge is 0.461 e. The molecule has 0 saturated heterocycles. The van der Waals surface area contributed by atoms with Crippen molar-refractivity contribution >= 4 is 11.9 Å². The van der Waals surface area contributed by atoms with Crippen molar-refractivity contribution in [2.24, 2.45) is 0 Å². The van der Waals surface area contributed by atoms with Crippen molar-refractivity contribution < 1.29 is 19.1 Å². The molecule has 0 heterocycles. The molecule has 0 N–H and O–H groups in total. The molecule has 0 spiro atoms. The number of carbonyl (C=O) groups is 2. The van der Waals surface area contributed by atoms with Gasteiger partial charge in [0.05, 0.1) is 11.1 Å². The Morgan fingerprint density at radius 3 is 1.27 bits per heavy atom. The maximum atomic E-state index is 12.0. The molecule has 0 saturated carbocycles. The monoisotopic (exact) mass is 364 g/mol. The summed E-state index contributed by atoms with van der Waals surface area (Å²) in [5.74, 6) is -0.753. The Hall–Kier alpha value is -1.92. The minimum Gasteiger partial charge on any atom is -0.461 e. The number of likely N-dealkylation sites (N-methyl/N-ethyl adjacent to an activating group) is 2. The third kappa shape index (κ3) is 7.54. The predicted molar refractivity (Wildman–Crippen MR) is 103 cm³/mol. The number of rotatable bonds is 12. The molecule has 0 radical (unpaired) electrons. The maximum Gasteiger partial charge on any atom is 0.338 e. The van der Waals surface area contributed by atoms with Crippen molar-refractivity contribution in [3.63, 3.8) is 0 Å². The lowest BCUT2D eigenvalue weighted by atomic mass is 10.1. The van der Waals surface area contributed by atoms with Gasteiger partial charge >= 0.3 is 11.9 Å². The fourth-order valence-electron chi connectivity index (χ4n) is 2.52. The van der Waals surface area contributed by atoms with E-state index in [4.69, 9.17) is 9.47 Å². The van der Waals surface area contributed by atoms with Crippen LogP contribution < -0.4 is 0 Å². The van der Waals surface area contributed by atoms with Crippen molar-refractivity contribution in [3.8, 4) is 0 Å². The molecule has 1 rings (SSSR count). The highest BCUT2D eigenvalue weighted by molar-refractivity contribution is 5.93. The Bertz CT molecular complexity index is 488. The summed E-state index contributed by atoms with van der Waals surface area (Å²) in [6.45, 7) is 14.2. The van der Waals surface area contributed by atoms with Gasteiger partial charge in [0.25, 0.3) is 0 Å². The zero-order valence-corrected chi connectivity index (χ0v) is 16.5. The number of ether oxygens (including phenoxy) is 2. The Morgan fingerprint density at radius 2 is 1.00 bits per heavy atom. The predicted octanol–water partition coefficient (Wildman–Crippen LogP) is 2.68. The van der Waals surface area contributed by atoms with E-state index in [-0.39, 0.29) is 11.9 Å². The Kier molecular flexibility index (Phi) is 10.6. The molecule has 1 aromatic carbocycles. The van der Waals surface area contributed by atoms with Crippen LogP contribution in [0.2, 0.25) is 0 Å². The van der Waals surface area contributed by atoms with E-state index in [0.717, 1.165) is 39.3 Å². The van der Waals surface area contributed by atoms with E-state index in [1.54, 1.807) is 24.3 Å². The van der Waals surface area contributed by atoms with Crippen LogP contribution in [0, 0.1) is 0 Å². The van der Waals surface area contributed by atoms with E-state index in [1.807, 2.05) is 0 Å². The normalized spacial score (nSPS) is 11.0. The molecular formula is C20H32N2O4. The number of benzene rings is 1. The summed E-state index contributed by atoms with van der Waals surface area (Å²) in [5, 5.41) is 0. The molecule has 0 aliphatic rings. The first-order chi connectivity index (χ1) is 12.5. The van der Waals surface area contributed by atoms with Crippen molar-refractivity contribution in [1.82, 2.24) is 9.80 Å². The van der Waals surface area contributed by atoms with Crippen molar-refractivity contribution in [2.75, 3.05) is 52.5 Å². The molecule has 146 valence electrons. The molecule has 6 heteroatoms. The van der Waals surface area contributed by atoms with Crippen LogP contribution in [-0.2, 0) is 9.47 Å². The van der Waals surface area contributed by atoms with Gasteiger partial charge in [-0.15, -0.1) is 0 Å². The molecule has 26 heavy (non-hydrogen) atoms. The van der Waals surface area contributed by atoms with Crippen LogP contribution in [0.15, 0.2) is 24.3 Å². The van der Waals surface area contributed by atoms with E-state index in [0.29, 0.717) is 24.3 Å². The Balaban J connectivity index is 2.44.